The summed E-state index contributed by atoms with van der Waals surface area (Å²) in [6.07, 6.45) is 5.81. The van der Waals surface area contributed by atoms with E-state index in [1.54, 1.807) is 23.6 Å². The number of ether oxygens (including phenoxy) is 1. The first-order chi connectivity index (χ1) is 10.9. The van der Waals surface area contributed by atoms with Gasteiger partial charge >= 0.3 is 0 Å². The number of aromatic nitrogens is 6. The van der Waals surface area contributed by atoms with E-state index >= 15 is 0 Å². The van der Waals surface area contributed by atoms with Gasteiger partial charge in [0.25, 0.3) is 0 Å². The lowest BCUT2D eigenvalue weighted by atomic mass is 10.2. The third-order valence-corrected chi connectivity index (χ3v) is 4.16. The van der Waals surface area contributed by atoms with Gasteiger partial charge < -0.3 is 4.74 Å². The van der Waals surface area contributed by atoms with E-state index in [2.05, 4.69) is 25.7 Å². The van der Waals surface area contributed by atoms with E-state index in [1.807, 2.05) is 36.7 Å². The molecule has 22 heavy (non-hydrogen) atoms. The topological polar surface area (TPSA) is 81.5 Å². The molecule has 0 radical (unpaired) electrons. The third kappa shape index (κ3) is 3.45. The zero-order valence-electron chi connectivity index (χ0n) is 12.1. The highest BCUT2D eigenvalue weighted by Crippen LogP contribution is 2.21. The van der Waals surface area contributed by atoms with Gasteiger partial charge in [-0.2, -0.15) is 9.78 Å². The quantitative estimate of drug-likeness (QED) is 0.531. The van der Waals surface area contributed by atoms with Gasteiger partial charge in [0.1, 0.15) is 5.75 Å². The Balaban J connectivity index is 1.59. The number of rotatable bonds is 7. The van der Waals surface area contributed by atoms with Crippen molar-refractivity contribution in [1.82, 2.24) is 30.4 Å². The largest absolute Gasteiger partial charge is 0.497 e. The molecule has 1 N–H and O–H groups in total. The summed E-state index contributed by atoms with van der Waals surface area (Å²) in [6.45, 7) is 0. The molecule has 0 aliphatic rings. The molecular formula is C14H16N6OS. The van der Waals surface area contributed by atoms with Crippen LogP contribution in [0.4, 0.5) is 0 Å². The number of aryl methyl sites for hydroxylation is 1. The van der Waals surface area contributed by atoms with Gasteiger partial charge in [0.2, 0.25) is 5.16 Å². The van der Waals surface area contributed by atoms with E-state index in [4.69, 9.17) is 4.74 Å². The normalized spacial score (nSPS) is 10.8. The van der Waals surface area contributed by atoms with Crippen molar-refractivity contribution < 1.29 is 4.74 Å². The van der Waals surface area contributed by atoms with Crippen LogP contribution in [0.15, 0.2) is 41.8 Å². The maximum absolute atomic E-state index is 5.16. The Labute approximate surface area is 132 Å². The van der Waals surface area contributed by atoms with Gasteiger partial charge in [0.15, 0.2) is 0 Å². The van der Waals surface area contributed by atoms with Gasteiger partial charge in [-0.15, -0.1) is 5.10 Å². The van der Waals surface area contributed by atoms with Crippen LogP contribution in [-0.4, -0.2) is 43.3 Å². The molecule has 2 heterocycles. The van der Waals surface area contributed by atoms with E-state index in [1.165, 1.54) is 5.56 Å². The molecule has 3 aromatic rings. The Morgan fingerprint density at radius 1 is 1.27 bits per heavy atom. The van der Waals surface area contributed by atoms with E-state index in [-0.39, 0.29) is 0 Å². The summed E-state index contributed by atoms with van der Waals surface area (Å²) >= 11 is 1.65. The molecule has 114 valence electrons. The summed E-state index contributed by atoms with van der Waals surface area (Å²) in [5, 5.41) is 19.4. The number of benzene rings is 1. The Morgan fingerprint density at radius 2 is 2.14 bits per heavy atom. The second-order valence-corrected chi connectivity index (χ2v) is 5.69. The van der Waals surface area contributed by atoms with Crippen LogP contribution >= 0.6 is 11.8 Å². The average Bonchev–Trinajstić information content (AvgIpc) is 3.23. The summed E-state index contributed by atoms with van der Waals surface area (Å²) in [6, 6.07) is 7.66. The molecule has 3 rings (SSSR count). The SMILES string of the molecule is COc1ccc(-n2nnnc2SCCCc2cn[nH]c2)cc1. The predicted octanol–water partition coefficient (Wildman–Crippen LogP) is 2.12. The van der Waals surface area contributed by atoms with E-state index in [9.17, 15) is 0 Å². The summed E-state index contributed by atoms with van der Waals surface area (Å²) in [5.41, 5.74) is 2.14. The first-order valence-electron chi connectivity index (χ1n) is 6.90. The lowest BCUT2D eigenvalue weighted by molar-refractivity contribution is 0.414. The van der Waals surface area contributed by atoms with E-state index in [0.29, 0.717) is 0 Å². The second kappa shape index (κ2) is 7.08. The number of tetrazole rings is 1. The predicted molar refractivity (Wildman–Crippen MR) is 83.3 cm³/mol. The molecule has 8 heteroatoms. The lowest BCUT2D eigenvalue weighted by Crippen LogP contribution is -1.99. The van der Waals surface area contributed by atoms with Crippen molar-refractivity contribution in [1.29, 1.82) is 0 Å². The molecule has 0 fully saturated rings. The maximum atomic E-state index is 5.16. The van der Waals surface area contributed by atoms with Crippen molar-refractivity contribution >= 4 is 11.8 Å². The average molecular weight is 316 g/mol. The number of thioether (sulfide) groups is 1. The first-order valence-corrected chi connectivity index (χ1v) is 7.88. The Hall–Kier alpha value is -2.35. The highest BCUT2D eigenvalue weighted by Gasteiger charge is 2.09. The standard InChI is InChI=1S/C14H16N6OS/c1-21-13-6-4-12(5-7-13)20-14(17-18-19-20)22-8-2-3-11-9-15-16-10-11/h4-7,9-10H,2-3,8H2,1H3,(H,15,16). The number of aromatic amines is 1. The summed E-state index contributed by atoms with van der Waals surface area (Å²) in [4.78, 5) is 0. The third-order valence-electron chi connectivity index (χ3n) is 3.15. The first kappa shape index (κ1) is 14.6. The molecular weight excluding hydrogens is 300 g/mol. The number of methoxy groups -OCH3 is 1. The van der Waals surface area contributed by atoms with E-state index in [0.717, 1.165) is 35.2 Å². The Kier molecular flexibility index (Phi) is 4.69. The number of hydrogen-bond donors (Lipinski definition) is 1. The molecule has 0 atom stereocenters. The fourth-order valence-corrected chi connectivity index (χ4v) is 2.84. The number of nitrogens with one attached hydrogen (secondary N) is 1. The molecule has 1 aromatic carbocycles. The van der Waals surface area contributed by atoms with Crippen molar-refractivity contribution in [3.8, 4) is 11.4 Å². The fraction of sp³-hybridized carbons (Fsp3) is 0.286. The molecule has 7 nitrogen and oxygen atoms in total. The maximum Gasteiger partial charge on any atom is 0.214 e. The molecule has 2 aromatic heterocycles. The van der Waals surface area contributed by atoms with Gasteiger partial charge in [0.05, 0.1) is 19.0 Å². The second-order valence-electron chi connectivity index (χ2n) is 4.63. The lowest BCUT2D eigenvalue weighted by Gasteiger charge is -2.05. The van der Waals surface area contributed by atoms with Crippen LogP contribution in [0, 0.1) is 0 Å². The number of H-pyrrole nitrogens is 1. The van der Waals surface area contributed by atoms with Gasteiger partial charge in [-0.05, 0) is 53.1 Å². The van der Waals surface area contributed by atoms with Crippen molar-refractivity contribution in [3.63, 3.8) is 0 Å². The van der Waals surface area contributed by atoms with Crippen molar-refractivity contribution in [2.75, 3.05) is 12.9 Å². The van der Waals surface area contributed by atoms with Crippen LogP contribution in [0.1, 0.15) is 12.0 Å². The number of nitrogens with zero attached hydrogens (tertiary/aromatic N) is 5. The van der Waals surface area contributed by atoms with Crippen molar-refractivity contribution in [2.45, 2.75) is 18.0 Å². The van der Waals surface area contributed by atoms with Crippen LogP contribution in [0.3, 0.4) is 0 Å². The van der Waals surface area contributed by atoms with Gasteiger partial charge in [0, 0.05) is 11.9 Å². The summed E-state index contributed by atoms with van der Waals surface area (Å²) < 4.78 is 6.90. The monoisotopic (exact) mass is 316 g/mol. The molecule has 0 saturated heterocycles. The van der Waals surface area contributed by atoms with Crippen LogP contribution < -0.4 is 4.74 Å². The number of hydrogen-bond acceptors (Lipinski definition) is 6. The van der Waals surface area contributed by atoms with Gasteiger partial charge in [-0.3, -0.25) is 5.10 Å². The van der Waals surface area contributed by atoms with Gasteiger partial charge in [-0.1, -0.05) is 11.8 Å². The van der Waals surface area contributed by atoms with Crippen LogP contribution in [0.5, 0.6) is 5.75 Å². The fourth-order valence-electron chi connectivity index (χ4n) is 2.01. The zero-order chi connectivity index (χ0) is 15.2. The van der Waals surface area contributed by atoms with Crippen LogP contribution in [-0.2, 0) is 6.42 Å². The Bertz CT molecular complexity index is 694. The molecule has 0 unspecified atom stereocenters. The zero-order valence-corrected chi connectivity index (χ0v) is 13.0. The molecule has 0 bridgehead atoms. The van der Waals surface area contributed by atoms with Crippen LogP contribution in [0.25, 0.3) is 5.69 Å². The molecule has 0 spiro atoms. The highest BCUT2D eigenvalue weighted by molar-refractivity contribution is 7.99. The molecule has 0 amide bonds. The smallest absolute Gasteiger partial charge is 0.214 e. The summed E-state index contributed by atoms with van der Waals surface area (Å²) in [5.74, 6) is 1.76. The van der Waals surface area contributed by atoms with Crippen LogP contribution in [0.2, 0.25) is 0 Å². The van der Waals surface area contributed by atoms with Crippen molar-refractivity contribution in [3.05, 3.63) is 42.2 Å². The molecule has 0 aliphatic carbocycles. The minimum atomic E-state index is 0.789. The minimum absolute atomic E-state index is 0.789. The van der Waals surface area contributed by atoms with Gasteiger partial charge in [-0.25, -0.2) is 0 Å². The molecule has 0 aliphatic heterocycles. The summed E-state index contributed by atoms with van der Waals surface area (Å²) in [7, 11) is 1.65. The highest BCUT2D eigenvalue weighted by atomic mass is 32.2. The minimum Gasteiger partial charge on any atom is -0.497 e. The molecule has 0 saturated carbocycles. The van der Waals surface area contributed by atoms with Crippen molar-refractivity contribution in [2.24, 2.45) is 0 Å². The Morgan fingerprint density at radius 3 is 2.86 bits per heavy atom. The van der Waals surface area contributed by atoms with E-state index < -0.39 is 0 Å².